The van der Waals surface area contributed by atoms with E-state index < -0.39 is 52.9 Å². The summed E-state index contributed by atoms with van der Waals surface area (Å²) in [5.41, 5.74) is -2.73. The summed E-state index contributed by atoms with van der Waals surface area (Å²) in [6.07, 6.45) is -6.87. The fraction of sp³-hybridized carbons (Fsp3) is 0.333. The maximum Gasteiger partial charge on any atom is 0.462 e. The van der Waals surface area contributed by atoms with Gasteiger partial charge in [0.2, 0.25) is 5.82 Å². The van der Waals surface area contributed by atoms with Gasteiger partial charge in [0.15, 0.2) is 23.3 Å². The van der Waals surface area contributed by atoms with Gasteiger partial charge in [0.25, 0.3) is 0 Å². The molecular formula is C9HF12N. The fourth-order valence-electron chi connectivity index (χ4n) is 1.13. The minimum atomic E-state index is -6.87. The third kappa shape index (κ3) is 2.63. The van der Waals surface area contributed by atoms with Crippen molar-refractivity contribution in [3.05, 3.63) is 29.1 Å². The first kappa shape index (κ1) is 18.2. The SMILES string of the molecule is Fc1c(F)c(F)c(NC(F)(F)C(F)(F)C(F)(F)F)c(F)c1F. The molecule has 1 aromatic rings. The molecule has 0 spiro atoms. The lowest BCUT2D eigenvalue weighted by molar-refractivity contribution is -0.347. The number of benzene rings is 1. The average Bonchev–Trinajstić information content (AvgIpc) is 2.37. The summed E-state index contributed by atoms with van der Waals surface area (Å²) in [6, 6.07) is -6.40. The molecule has 0 saturated heterocycles. The Morgan fingerprint density at radius 3 is 1.18 bits per heavy atom. The zero-order valence-electron chi connectivity index (χ0n) is 9.54. The maximum absolute atomic E-state index is 13.0. The Morgan fingerprint density at radius 1 is 0.545 bits per heavy atom. The van der Waals surface area contributed by atoms with Crippen molar-refractivity contribution in [2.45, 2.75) is 18.1 Å². The molecule has 1 rings (SSSR count). The van der Waals surface area contributed by atoms with Crippen LogP contribution >= 0.6 is 0 Å². The molecule has 1 N–H and O–H groups in total. The van der Waals surface area contributed by atoms with Crippen molar-refractivity contribution in [2.75, 3.05) is 5.32 Å². The first-order chi connectivity index (χ1) is 9.65. The van der Waals surface area contributed by atoms with E-state index >= 15 is 0 Å². The molecule has 0 amide bonds. The monoisotopic (exact) mass is 351 g/mol. The molecule has 1 nitrogen and oxygen atoms in total. The third-order valence-electron chi connectivity index (χ3n) is 2.24. The van der Waals surface area contributed by atoms with E-state index in [0.717, 1.165) is 0 Å². The smallest absolute Gasteiger partial charge is 0.316 e. The minimum absolute atomic E-state index is 0.289. The molecule has 0 heterocycles. The van der Waals surface area contributed by atoms with E-state index in [1.807, 2.05) is 0 Å². The zero-order chi connectivity index (χ0) is 17.7. The third-order valence-corrected chi connectivity index (χ3v) is 2.24. The number of rotatable bonds is 3. The highest BCUT2D eigenvalue weighted by atomic mass is 19.4. The topological polar surface area (TPSA) is 12.0 Å². The van der Waals surface area contributed by atoms with Gasteiger partial charge in [0.1, 0.15) is 5.69 Å². The van der Waals surface area contributed by atoms with Crippen LogP contribution in [-0.4, -0.2) is 18.1 Å². The normalized spacial score (nSPS) is 13.5. The van der Waals surface area contributed by atoms with Crippen LogP contribution in [0.4, 0.5) is 58.4 Å². The van der Waals surface area contributed by atoms with Crippen LogP contribution in [0.1, 0.15) is 0 Å². The van der Waals surface area contributed by atoms with E-state index in [2.05, 4.69) is 0 Å². The first-order valence-electron chi connectivity index (χ1n) is 4.77. The van der Waals surface area contributed by atoms with Crippen LogP contribution in [0, 0.1) is 29.1 Å². The van der Waals surface area contributed by atoms with E-state index in [4.69, 9.17) is 0 Å². The van der Waals surface area contributed by atoms with Gasteiger partial charge in [-0.2, -0.15) is 30.7 Å². The van der Waals surface area contributed by atoms with Crippen molar-refractivity contribution in [1.29, 1.82) is 0 Å². The van der Waals surface area contributed by atoms with Gasteiger partial charge in [0.05, 0.1) is 0 Å². The van der Waals surface area contributed by atoms with Crippen LogP contribution in [0.5, 0.6) is 0 Å². The predicted molar refractivity (Wildman–Crippen MR) is 45.8 cm³/mol. The van der Waals surface area contributed by atoms with Crippen molar-refractivity contribution in [3.8, 4) is 0 Å². The number of hydrogen-bond donors (Lipinski definition) is 1. The lowest BCUT2D eigenvalue weighted by Gasteiger charge is -2.29. The van der Waals surface area contributed by atoms with Crippen LogP contribution in [0.25, 0.3) is 0 Å². The number of alkyl halides is 7. The van der Waals surface area contributed by atoms with Gasteiger partial charge >= 0.3 is 18.1 Å². The van der Waals surface area contributed by atoms with Gasteiger partial charge in [0, 0.05) is 0 Å². The largest absolute Gasteiger partial charge is 0.462 e. The molecule has 0 aliphatic rings. The van der Waals surface area contributed by atoms with Crippen molar-refractivity contribution < 1.29 is 52.7 Å². The number of halogens is 12. The van der Waals surface area contributed by atoms with Crippen LogP contribution in [0.2, 0.25) is 0 Å². The van der Waals surface area contributed by atoms with Crippen LogP contribution in [0.3, 0.4) is 0 Å². The minimum Gasteiger partial charge on any atom is -0.316 e. The van der Waals surface area contributed by atoms with E-state index in [1.165, 1.54) is 0 Å². The molecule has 1 aromatic carbocycles. The van der Waals surface area contributed by atoms with E-state index in [9.17, 15) is 52.7 Å². The van der Waals surface area contributed by atoms with Crippen LogP contribution < -0.4 is 5.32 Å². The van der Waals surface area contributed by atoms with Gasteiger partial charge in [-0.15, -0.1) is 0 Å². The van der Waals surface area contributed by atoms with Crippen molar-refractivity contribution in [1.82, 2.24) is 0 Å². The van der Waals surface area contributed by atoms with E-state index in [1.54, 1.807) is 0 Å². The number of anilines is 1. The highest BCUT2D eigenvalue weighted by molar-refractivity contribution is 5.49. The molecule has 126 valence electrons. The Labute approximate surface area is 112 Å². The second-order valence-electron chi connectivity index (χ2n) is 3.72. The van der Waals surface area contributed by atoms with Crippen LogP contribution in [0.15, 0.2) is 0 Å². The summed E-state index contributed by atoms with van der Waals surface area (Å²) in [5, 5.41) is -0.289. The maximum atomic E-state index is 13.0. The number of nitrogens with one attached hydrogen (secondary N) is 1. The van der Waals surface area contributed by atoms with Gasteiger partial charge in [-0.05, 0) is 0 Å². The van der Waals surface area contributed by atoms with Crippen molar-refractivity contribution in [3.63, 3.8) is 0 Å². The predicted octanol–water partition coefficient (Wildman–Crippen LogP) is 4.58. The van der Waals surface area contributed by atoms with Crippen LogP contribution in [-0.2, 0) is 0 Å². The average molecular weight is 351 g/mol. The molecule has 0 saturated carbocycles. The summed E-state index contributed by atoms with van der Waals surface area (Å²) in [7, 11) is 0. The highest BCUT2D eigenvalue weighted by Crippen LogP contribution is 2.47. The molecule has 0 aliphatic heterocycles. The molecule has 22 heavy (non-hydrogen) atoms. The summed E-state index contributed by atoms with van der Waals surface area (Å²) >= 11 is 0. The second-order valence-corrected chi connectivity index (χ2v) is 3.72. The Balaban J connectivity index is 3.43. The summed E-state index contributed by atoms with van der Waals surface area (Å²) in [5.74, 6) is -21.4. The quantitative estimate of drug-likeness (QED) is 0.364. The molecule has 0 atom stereocenters. The summed E-state index contributed by atoms with van der Waals surface area (Å²) in [6.45, 7) is 0. The molecule has 0 fully saturated rings. The molecule has 0 aromatic heterocycles. The molecule has 0 aliphatic carbocycles. The number of hydrogen-bond acceptors (Lipinski definition) is 1. The molecule has 0 radical (unpaired) electrons. The summed E-state index contributed by atoms with van der Waals surface area (Å²) in [4.78, 5) is 0. The second kappa shape index (κ2) is 5.12. The zero-order valence-corrected chi connectivity index (χ0v) is 9.54. The molecular weight excluding hydrogens is 350 g/mol. The van der Waals surface area contributed by atoms with Gasteiger partial charge in [-0.25, -0.2) is 22.0 Å². The standard InChI is InChI=1S/C9HF12N/c10-1-2(11)4(13)6(5(14)3(1)12)22-9(20,21)7(15,16)8(17,18)19/h22H. The molecule has 0 bridgehead atoms. The van der Waals surface area contributed by atoms with Gasteiger partial charge in [-0.1, -0.05) is 0 Å². The lowest BCUT2D eigenvalue weighted by Crippen LogP contribution is -2.56. The van der Waals surface area contributed by atoms with Crippen molar-refractivity contribution >= 4 is 5.69 Å². The Morgan fingerprint density at radius 2 is 0.864 bits per heavy atom. The van der Waals surface area contributed by atoms with E-state index in [0.29, 0.717) is 0 Å². The summed E-state index contributed by atoms with van der Waals surface area (Å²) < 4.78 is 150. The van der Waals surface area contributed by atoms with Gasteiger partial charge < -0.3 is 5.32 Å². The Hall–Kier alpha value is -1.82. The first-order valence-corrected chi connectivity index (χ1v) is 4.77. The fourth-order valence-corrected chi connectivity index (χ4v) is 1.13. The lowest BCUT2D eigenvalue weighted by atomic mass is 10.2. The molecule has 0 unspecified atom stereocenters. The van der Waals surface area contributed by atoms with Gasteiger partial charge in [-0.3, -0.25) is 0 Å². The van der Waals surface area contributed by atoms with E-state index in [-0.39, 0.29) is 5.32 Å². The molecule has 13 heteroatoms. The Bertz CT molecular complexity index is 560. The Kier molecular flexibility index (Phi) is 4.24. The van der Waals surface area contributed by atoms with Crippen molar-refractivity contribution in [2.24, 2.45) is 0 Å². The highest BCUT2D eigenvalue weighted by Gasteiger charge is 2.73.